The van der Waals surface area contributed by atoms with Gasteiger partial charge in [-0.15, -0.1) is 11.8 Å². The van der Waals surface area contributed by atoms with Gasteiger partial charge in [0.05, 0.1) is 23.6 Å². The van der Waals surface area contributed by atoms with Gasteiger partial charge in [-0.05, 0) is 48.5 Å². The molecule has 1 amide bonds. The Hall–Kier alpha value is -2.79. The average Bonchev–Trinajstić information content (AvgIpc) is 2.78. The number of thioether (sulfide) groups is 1. The number of hydrogen-bond donors (Lipinski definition) is 1. The third-order valence-electron chi connectivity index (χ3n) is 4.07. The van der Waals surface area contributed by atoms with Crippen molar-refractivity contribution in [1.29, 1.82) is 5.26 Å². The summed E-state index contributed by atoms with van der Waals surface area (Å²) < 4.78 is 6.75. The lowest BCUT2D eigenvalue weighted by molar-refractivity contribution is -0.118. The molecule has 8 heteroatoms. The van der Waals surface area contributed by atoms with Crippen LogP contribution in [0.5, 0.6) is 5.75 Å². The highest BCUT2D eigenvalue weighted by molar-refractivity contribution is 9.10. The number of benzene rings is 3. The lowest BCUT2D eigenvalue weighted by Crippen LogP contribution is -2.19. The highest BCUT2D eigenvalue weighted by atomic mass is 79.9. The zero-order valence-corrected chi connectivity index (χ0v) is 19.4. The molecular formula is C23H17BrClN3O2S. The number of carbonyl (C=O) groups excluding carboxylic acids is 1. The number of hydrogen-bond acceptors (Lipinski definition) is 5. The first-order valence-corrected chi connectivity index (χ1v) is 11.3. The van der Waals surface area contributed by atoms with Crippen LogP contribution in [0.15, 0.2) is 81.2 Å². The largest absolute Gasteiger partial charge is 0.488 e. The first kappa shape index (κ1) is 22.9. The van der Waals surface area contributed by atoms with Gasteiger partial charge in [0.15, 0.2) is 0 Å². The molecule has 3 aromatic rings. The lowest BCUT2D eigenvalue weighted by atomic mass is 10.1. The van der Waals surface area contributed by atoms with Crippen molar-refractivity contribution < 1.29 is 9.53 Å². The minimum Gasteiger partial charge on any atom is -0.488 e. The number of nitrogens with one attached hydrogen (secondary N) is 1. The molecule has 5 nitrogen and oxygen atoms in total. The van der Waals surface area contributed by atoms with E-state index < -0.39 is 0 Å². The van der Waals surface area contributed by atoms with E-state index in [2.05, 4.69) is 32.5 Å². The van der Waals surface area contributed by atoms with E-state index in [4.69, 9.17) is 16.3 Å². The highest BCUT2D eigenvalue weighted by Crippen LogP contribution is 2.23. The topological polar surface area (TPSA) is 74.5 Å². The molecule has 0 saturated heterocycles. The van der Waals surface area contributed by atoms with Crippen LogP contribution in [0.3, 0.4) is 0 Å². The summed E-state index contributed by atoms with van der Waals surface area (Å²) in [6.07, 6.45) is 1.53. The van der Waals surface area contributed by atoms with Crippen molar-refractivity contribution in [2.45, 2.75) is 11.5 Å². The summed E-state index contributed by atoms with van der Waals surface area (Å²) in [4.78, 5) is 13.0. The Balaban J connectivity index is 1.59. The van der Waals surface area contributed by atoms with E-state index >= 15 is 0 Å². The van der Waals surface area contributed by atoms with Gasteiger partial charge in [-0.25, -0.2) is 5.43 Å². The van der Waals surface area contributed by atoms with Crippen LogP contribution in [0.1, 0.15) is 16.7 Å². The Bertz CT molecular complexity index is 1130. The Morgan fingerprint density at radius 1 is 1.19 bits per heavy atom. The second kappa shape index (κ2) is 11.6. The monoisotopic (exact) mass is 513 g/mol. The SMILES string of the molecule is N#Cc1ccccc1COc1ccc(Br)cc1/C=N\NC(=O)CSc1ccc(Cl)cc1. The first-order chi connectivity index (χ1) is 15.0. The summed E-state index contributed by atoms with van der Waals surface area (Å²) in [5, 5.41) is 13.9. The van der Waals surface area contributed by atoms with E-state index in [1.807, 2.05) is 42.5 Å². The molecule has 0 fully saturated rings. The molecule has 0 aliphatic heterocycles. The number of halogens is 2. The first-order valence-electron chi connectivity index (χ1n) is 9.16. The Morgan fingerprint density at radius 2 is 1.97 bits per heavy atom. The summed E-state index contributed by atoms with van der Waals surface area (Å²) in [6, 6.07) is 22.2. The average molecular weight is 515 g/mol. The Labute approximate surface area is 198 Å². The van der Waals surface area contributed by atoms with Gasteiger partial charge >= 0.3 is 0 Å². The number of nitriles is 1. The van der Waals surface area contributed by atoms with Crippen molar-refractivity contribution >= 4 is 51.4 Å². The molecule has 0 aliphatic rings. The van der Waals surface area contributed by atoms with E-state index in [1.165, 1.54) is 18.0 Å². The third kappa shape index (κ3) is 7.14. The number of ether oxygens (including phenoxy) is 1. The fourth-order valence-corrected chi connectivity index (χ4v) is 3.74. The molecule has 3 rings (SSSR count). The van der Waals surface area contributed by atoms with E-state index in [0.717, 1.165) is 14.9 Å². The van der Waals surface area contributed by atoms with Crippen molar-refractivity contribution in [2.24, 2.45) is 5.10 Å². The van der Waals surface area contributed by atoms with Crippen molar-refractivity contribution in [3.8, 4) is 11.8 Å². The van der Waals surface area contributed by atoms with Gasteiger partial charge in [0.2, 0.25) is 5.91 Å². The summed E-state index contributed by atoms with van der Waals surface area (Å²) in [5.74, 6) is 0.590. The van der Waals surface area contributed by atoms with Crippen molar-refractivity contribution in [1.82, 2.24) is 5.43 Å². The third-order valence-corrected chi connectivity index (χ3v) is 5.83. The lowest BCUT2D eigenvalue weighted by Gasteiger charge is -2.10. The number of hydrazone groups is 1. The number of amides is 1. The predicted molar refractivity (Wildman–Crippen MR) is 128 cm³/mol. The molecule has 0 aromatic heterocycles. The van der Waals surface area contributed by atoms with Crippen LogP contribution in [-0.4, -0.2) is 17.9 Å². The molecule has 0 aliphatic carbocycles. The van der Waals surface area contributed by atoms with Crippen molar-refractivity contribution in [3.05, 3.63) is 92.9 Å². The minimum atomic E-state index is -0.225. The van der Waals surface area contributed by atoms with E-state index in [-0.39, 0.29) is 18.3 Å². The fourth-order valence-electron chi connectivity index (χ4n) is 2.55. The van der Waals surface area contributed by atoms with Gasteiger partial charge in [-0.3, -0.25) is 4.79 Å². The van der Waals surface area contributed by atoms with Crippen LogP contribution in [0.2, 0.25) is 5.02 Å². The van der Waals surface area contributed by atoms with Gasteiger partial charge in [-0.2, -0.15) is 10.4 Å². The van der Waals surface area contributed by atoms with Gasteiger partial charge < -0.3 is 4.74 Å². The molecule has 0 saturated carbocycles. The van der Waals surface area contributed by atoms with Gasteiger partial charge in [0.1, 0.15) is 12.4 Å². The van der Waals surface area contributed by atoms with Crippen molar-refractivity contribution in [2.75, 3.05) is 5.75 Å². The predicted octanol–water partition coefficient (Wildman–Crippen LogP) is 5.80. The van der Waals surface area contributed by atoms with Gasteiger partial charge in [0.25, 0.3) is 0 Å². The Morgan fingerprint density at radius 3 is 2.74 bits per heavy atom. The van der Waals surface area contributed by atoms with Crippen molar-refractivity contribution in [3.63, 3.8) is 0 Å². The van der Waals surface area contributed by atoms with Gasteiger partial charge in [-0.1, -0.05) is 45.7 Å². The zero-order chi connectivity index (χ0) is 22.1. The van der Waals surface area contributed by atoms with Crippen LogP contribution in [0.4, 0.5) is 0 Å². The highest BCUT2D eigenvalue weighted by Gasteiger charge is 2.07. The van der Waals surface area contributed by atoms with E-state index in [0.29, 0.717) is 21.9 Å². The number of nitrogens with zero attached hydrogens (tertiary/aromatic N) is 2. The van der Waals surface area contributed by atoms with Crippen LogP contribution in [0.25, 0.3) is 0 Å². The summed E-state index contributed by atoms with van der Waals surface area (Å²) in [5.41, 5.74) is 4.57. The molecule has 0 radical (unpaired) electrons. The molecule has 156 valence electrons. The minimum absolute atomic E-state index is 0.225. The number of rotatable bonds is 8. The summed E-state index contributed by atoms with van der Waals surface area (Å²) in [6.45, 7) is 0.246. The molecular weight excluding hydrogens is 498 g/mol. The normalized spacial score (nSPS) is 10.6. The summed E-state index contributed by atoms with van der Waals surface area (Å²) >= 11 is 10.7. The standard InChI is InChI=1S/C23H17BrClN3O2S/c24-19-5-10-22(30-14-17-4-2-1-3-16(17)12-26)18(11-19)13-27-28-23(29)15-31-21-8-6-20(25)7-9-21/h1-11,13H,14-15H2,(H,28,29)/b27-13-. The molecule has 1 N–H and O–H groups in total. The van der Waals surface area contributed by atoms with Crippen LogP contribution in [0, 0.1) is 11.3 Å². The Kier molecular flexibility index (Phi) is 8.53. The van der Waals surface area contributed by atoms with Crippen LogP contribution >= 0.6 is 39.3 Å². The molecule has 0 heterocycles. The molecule has 0 spiro atoms. The molecule has 0 atom stereocenters. The maximum Gasteiger partial charge on any atom is 0.250 e. The van der Waals surface area contributed by atoms with E-state index in [1.54, 1.807) is 24.3 Å². The molecule has 31 heavy (non-hydrogen) atoms. The molecule has 0 unspecified atom stereocenters. The quantitative estimate of drug-likeness (QED) is 0.234. The number of carbonyl (C=O) groups is 1. The van der Waals surface area contributed by atoms with Crippen LogP contribution in [-0.2, 0) is 11.4 Å². The second-order valence-electron chi connectivity index (χ2n) is 6.28. The van der Waals surface area contributed by atoms with Gasteiger partial charge in [0, 0.05) is 25.5 Å². The van der Waals surface area contributed by atoms with E-state index in [9.17, 15) is 10.1 Å². The fraction of sp³-hybridized carbons (Fsp3) is 0.0870. The zero-order valence-electron chi connectivity index (χ0n) is 16.2. The second-order valence-corrected chi connectivity index (χ2v) is 8.68. The van der Waals surface area contributed by atoms with Crippen LogP contribution < -0.4 is 10.2 Å². The summed E-state index contributed by atoms with van der Waals surface area (Å²) in [7, 11) is 0. The maximum absolute atomic E-state index is 12.1. The maximum atomic E-state index is 12.1. The molecule has 0 bridgehead atoms. The smallest absolute Gasteiger partial charge is 0.250 e. The molecule has 3 aromatic carbocycles.